The van der Waals surface area contributed by atoms with Crippen LogP contribution in [0.2, 0.25) is 0 Å². The van der Waals surface area contributed by atoms with E-state index in [1.54, 1.807) is 0 Å². The van der Waals surface area contributed by atoms with Crippen LogP contribution in [-0.2, 0) is 0 Å². The summed E-state index contributed by atoms with van der Waals surface area (Å²) in [4.78, 5) is 0. The topological polar surface area (TPSA) is 61.8 Å². The molecule has 0 atom stereocenters. The first-order valence-corrected chi connectivity index (χ1v) is 2.50. The molecule has 0 aromatic heterocycles. The highest BCUT2D eigenvalue weighted by molar-refractivity contribution is 4.39. The summed E-state index contributed by atoms with van der Waals surface area (Å²) in [5, 5.41) is 0. The normalized spacial score (nSPS) is 9.43. The molecule has 0 spiro atoms. The van der Waals surface area contributed by atoms with Crippen LogP contribution in [0, 0.1) is 0 Å². The molecule has 3 heteroatoms. The smallest absolute Gasteiger partial charge is 0.0100 e. The molecule has 0 saturated carbocycles. The van der Waals surface area contributed by atoms with Crippen LogP contribution in [0.4, 0.5) is 0 Å². The molecule has 7 heavy (non-hydrogen) atoms. The molecule has 0 heterocycles. The first-order valence-electron chi connectivity index (χ1n) is 2.50. The highest BCUT2D eigenvalue weighted by Gasteiger charge is 1.79. The van der Waals surface area contributed by atoms with Gasteiger partial charge < -0.3 is 0 Å². The molecule has 0 aliphatic heterocycles. The van der Waals surface area contributed by atoms with Gasteiger partial charge in [-0.05, 0) is 12.8 Å². The Kier molecular flexibility index (Phi) is 5.78. The maximum Gasteiger partial charge on any atom is 0.0100 e. The molecule has 0 fully saturated rings. The van der Waals surface area contributed by atoms with Gasteiger partial charge in [-0.2, -0.15) is 0 Å². The molecule has 0 aliphatic rings. The minimum absolute atomic E-state index is 0.516. The predicted molar refractivity (Wildman–Crippen MR) is 29.4 cm³/mol. The lowest BCUT2D eigenvalue weighted by molar-refractivity contribution is 0.647. The molecule has 0 aromatic rings. The third-order valence-electron chi connectivity index (χ3n) is 0.748. The molecule has 0 amide bonds. The fraction of sp³-hybridized carbons (Fsp3) is 1.00. The average Bonchev–Trinajstić information content (AvgIpc) is 1.69. The van der Waals surface area contributed by atoms with Crippen molar-refractivity contribution < 1.29 is 0 Å². The molecule has 3 nitrogen and oxygen atoms in total. The summed E-state index contributed by atoms with van der Waals surface area (Å²) in [6, 6.07) is 0. The van der Waals surface area contributed by atoms with Crippen LogP contribution in [0.3, 0.4) is 0 Å². The standard InChI is InChI=1S/C4H12N3/c5-3-1-2-4-7-6/h5,7H,1-4,6H2. The van der Waals surface area contributed by atoms with E-state index in [0.717, 1.165) is 19.4 Å². The Morgan fingerprint density at radius 2 is 2.14 bits per heavy atom. The summed E-state index contributed by atoms with van der Waals surface area (Å²) < 4.78 is 0. The number of unbranched alkanes of at least 4 members (excludes halogenated alkanes) is 1. The first kappa shape index (κ1) is 6.88. The molecule has 4 N–H and O–H groups in total. The van der Waals surface area contributed by atoms with E-state index in [-0.39, 0.29) is 0 Å². The number of hydrogen-bond acceptors (Lipinski definition) is 2. The van der Waals surface area contributed by atoms with Crippen molar-refractivity contribution in [2.75, 3.05) is 13.1 Å². The molecule has 0 unspecified atom stereocenters. The molecular weight excluding hydrogens is 90.1 g/mol. The van der Waals surface area contributed by atoms with Crippen molar-refractivity contribution in [1.29, 1.82) is 0 Å². The lowest BCUT2D eigenvalue weighted by atomic mass is 10.3. The zero-order chi connectivity index (χ0) is 5.54. The lowest BCUT2D eigenvalue weighted by Gasteiger charge is -1.92. The van der Waals surface area contributed by atoms with Gasteiger partial charge in [0.25, 0.3) is 0 Å². The van der Waals surface area contributed by atoms with E-state index in [0.29, 0.717) is 6.54 Å². The van der Waals surface area contributed by atoms with E-state index in [1.807, 2.05) is 0 Å². The third-order valence-corrected chi connectivity index (χ3v) is 0.748. The van der Waals surface area contributed by atoms with Crippen LogP contribution >= 0.6 is 0 Å². The monoisotopic (exact) mass is 102 g/mol. The fourth-order valence-corrected chi connectivity index (χ4v) is 0.352. The molecule has 0 aliphatic carbocycles. The predicted octanol–water partition coefficient (Wildman–Crippen LogP) is -0.487. The van der Waals surface area contributed by atoms with Gasteiger partial charge in [-0.1, -0.05) is 0 Å². The van der Waals surface area contributed by atoms with Crippen molar-refractivity contribution in [1.82, 2.24) is 11.2 Å². The molecule has 0 aromatic carbocycles. The van der Waals surface area contributed by atoms with Gasteiger partial charge in [0.05, 0.1) is 0 Å². The SMILES string of the molecule is [NH]CCCCNN. The van der Waals surface area contributed by atoms with Gasteiger partial charge in [0.15, 0.2) is 0 Å². The summed E-state index contributed by atoms with van der Waals surface area (Å²) in [5.41, 5.74) is 9.23. The van der Waals surface area contributed by atoms with E-state index in [1.165, 1.54) is 0 Å². The van der Waals surface area contributed by atoms with Gasteiger partial charge in [0, 0.05) is 13.1 Å². The zero-order valence-corrected chi connectivity index (χ0v) is 4.41. The highest BCUT2D eigenvalue weighted by atomic mass is 15.2. The number of nitrogens with two attached hydrogens (primary N) is 1. The summed E-state index contributed by atoms with van der Waals surface area (Å²) in [6.07, 6.45) is 1.96. The van der Waals surface area contributed by atoms with E-state index in [4.69, 9.17) is 11.6 Å². The quantitative estimate of drug-likeness (QED) is 0.286. The minimum atomic E-state index is 0.516. The Morgan fingerprint density at radius 3 is 2.57 bits per heavy atom. The highest BCUT2D eigenvalue weighted by Crippen LogP contribution is 1.79. The summed E-state index contributed by atoms with van der Waals surface area (Å²) >= 11 is 0. The zero-order valence-electron chi connectivity index (χ0n) is 4.41. The minimum Gasteiger partial charge on any atom is -0.271 e. The molecule has 0 saturated heterocycles. The van der Waals surface area contributed by atoms with Crippen LogP contribution in [-0.4, -0.2) is 13.1 Å². The van der Waals surface area contributed by atoms with E-state index in [2.05, 4.69) is 5.43 Å². The molecule has 1 radical (unpaired) electrons. The van der Waals surface area contributed by atoms with Crippen LogP contribution < -0.4 is 17.0 Å². The average molecular weight is 102 g/mol. The van der Waals surface area contributed by atoms with Crippen molar-refractivity contribution >= 4 is 0 Å². The van der Waals surface area contributed by atoms with Gasteiger partial charge in [-0.25, -0.2) is 0 Å². The van der Waals surface area contributed by atoms with E-state index in [9.17, 15) is 0 Å². The van der Waals surface area contributed by atoms with Crippen molar-refractivity contribution in [2.45, 2.75) is 12.8 Å². The molecule has 0 rings (SSSR count). The van der Waals surface area contributed by atoms with Gasteiger partial charge in [0.2, 0.25) is 0 Å². The third kappa shape index (κ3) is 5.88. The van der Waals surface area contributed by atoms with E-state index < -0.39 is 0 Å². The first-order chi connectivity index (χ1) is 3.41. The maximum atomic E-state index is 6.71. The van der Waals surface area contributed by atoms with Gasteiger partial charge in [0.1, 0.15) is 0 Å². The second-order valence-electron chi connectivity index (χ2n) is 1.41. The number of rotatable bonds is 4. The largest absolute Gasteiger partial charge is 0.271 e. The van der Waals surface area contributed by atoms with Crippen LogP contribution in [0.1, 0.15) is 12.8 Å². The van der Waals surface area contributed by atoms with Crippen molar-refractivity contribution in [3.8, 4) is 0 Å². The van der Waals surface area contributed by atoms with Crippen molar-refractivity contribution in [3.05, 3.63) is 0 Å². The van der Waals surface area contributed by atoms with E-state index >= 15 is 0 Å². The summed E-state index contributed by atoms with van der Waals surface area (Å²) in [5.74, 6) is 4.96. The Labute approximate surface area is 44.0 Å². The second kappa shape index (κ2) is 5.88. The number of hydrogen-bond donors (Lipinski definition) is 2. The summed E-state index contributed by atoms with van der Waals surface area (Å²) in [6.45, 7) is 1.35. The lowest BCUT2D eigenvalue weighted by Crippen LogP contribution is -2.22. The van der Waals surface area contributed by atoms with Gasteiger partial charge in [-0.3, -0.25) is 17.0 Å². The van der Waals surface area contributed by atoms with Crippen molar-refractivity contribution in [3.63, 3.8) is 0 Å². The number of hydrazine groups is 1. The Balaban J connectivity index is 2.45. The van der Waals surface area contributed by atoms with Gasteiger partial charge >= 0.3 is 0 Å². The summed E-state index contributed by atoms with van der Waals surface area (Å²) in [7, 11) is 0. The Bertz CT molecular complexity index is 26.1. The van der Waals surface area contributed by atoms with Crippen LogP contribution in [0.25, 0.3) is 0 Å². The van der Waals surface area contributed by atoms with Crippen molar-refractivity contribution in [2.24, 2.45) is 5.84 Å². The molecule has 0 bridgehead atoms. The Hall–Kier alpha value is -0.120. The van der Waals surface area contributed by atoms with Gasteiger partial charge in [-0.15, -0.1) is 0 Å². The Morgan fingerprint density at radius 1 is 1.43 bits per heavy atom. The van der Waals surface area contributed by atoms with Crippen LogP contribution in [0.5, 0.6) is 0 Å². The molecule has 43 valence electrons. The maximum absolute atomic E-state index is 6.71. The molecular formula is C4H12N3. The fourth-order valence-electron chi connectivity index (χ4n) is 0.352. The second-order valence-corrected chi connectivity index (χ2v) is 1.41. The number of nitrogens with one attached hydrogen (secondary N) is 2. The van der Waals surface area contributed by atoms with Crippen LogP contribution in [0.15, 0.2) is 0 Å².